The van der Waals surface area contributed by atoms with Gasteiger partial charge in [0.15, 0.2) is 0 Å². The number of carbonyl (C=O) groups excluding carboxylic acids is 1. The summed E-state index contributed by atoms with van der Waals surface area (Å²) in [5.74, 6) is 0. The van der Waals surface area contributed by atoms with E-state index in [9.17, 15) is 9.36 Å². The van der Waals surface area contributed by atoms with Crippen LogP contribution in [0.3, 0.4) is 0 Å². The molecule has 0 amide bonds. The smallest absolute Gasteiger partial charge is 0.230 e. The highest BCUT2D eigenvalue weighted by Crippen LogP contribution is 2.47. The van der Waals surface area contributed by atoms with E-state index in [2.05, 4.69) is 0 Å². The third kappa shape index (κ3) is 3.51. The van der Waals surface area contributed by atoms with Crippen LogP contribution in [-0.4, -0.2) is 16.5 Å². The molecule has 4 heteroatoms. The molecule has 134 valence electrons. The molecular formula is C22H25O2PSi. The molecule has 0 aliphatic carbocycles. The van der Waals surface area contributed by atoms with Gasteiger partial charge >= 0.3 is 0 Å². The van der Waals surface area contributed by atoms with E-state index in [0.29, 0.717) is 16.2 Å². The predicted octanol–water partition coefficient (Wildman–Crippen LogP) is 3.31. The highest BCUT2D eigenvalue weighted by atomic mass is 31.2. The molecule has 0 heterocycles. The van der Waals surface area contributed by atoms with E-state index in [1.165, 1.54) is 0 Å². The summed E-state index contributed by atoms with van der Waals surface area (Å²) >= 11 is 0. The maximum absolute atomic E-state index is 14.2. The van der Waals surface area contributed by atoms with Crippen molar-refractivity contribution in [2.75, 3.05) is 0 Å². The number of aryl methyl sites for hydroxylation is 3. The fraction of sp³-hybridized carbons (Fsp3) is 0.136. The lowest BCUT2D eigenvalue weighted by molar-refractivity contribution is 0.107. The van der Waals surface area contributed by atoms with Crippen LogP contribution in [0.1, 0.15) is 27.0 Å². The largest absolute Gasteiger partial charge is 0.305 e. The predicted molar refractivity (Wildman–Crippen MR) is 116 cm³/mol. The Hall–Kier alpha value is -2.22. The third-order valence-electron chi connectivity index (χ3n) is 4.42. The molecule has 0 aliphatic rings. The minimum Gasteiger partial charge on any atom is -0.305 e. The first-order valence-corrected chi connectivity index (χ1v) is 9.99. The van der Waals surface area contributed by atoms with Crippen LogP contribution in [0.25, 0.3) is 0 Å². The molecule has 0 radical (unpaired) electrons. The quantitative estimate of drug-likeness (QED) is 0.514. The van der Waals surface area contributed by atoms with Crippen LogP contribution in [-0.2, 0) is 4.57 Å². The first-order chi connectivity index (χ1) is 11.9. The molecule has 0 N–H and O–H groups in total. The van der Waals surface area contributed by atoms with E-state index in [-0.39, 0.29) is 16.5 Å². The van der Waals surface area contributed by atoms with Crippen molar-refractivity contribution in [1.82, 2.24) is 0 Å². The van der Waals surface area contributed by atoms with E-state index < -0.39 is 7.14 Å². The normalized spacial score (nSPS) is 10.9. The molecule has 0 aromatic heterocycles. The highest BCUT2D eigenvalue weighted by Gasteiger charge is 2.37. The summed E-state index contributed by atoms with van der Waals surface area (Å²) in [5, 5.41) is 1.15. The number of benzene rings is 3. The number of hydrogen-bond acceptors (Lipinski definition) is 2. The Balaban J connectivity index is 0.00000243. The maximum atomic E-state index is 14.2. The first kappa shape index (κ1) is 20.1. The van der Waals surface area contributed by atoms with Gasteiger partial charge in [-0.1, -0.05) is 78.4 Å². The van der Waals surface area contributed by atoms with Crippen molar-refractivity contribution in [1.29, 1.82) is 0 Å². The average molecular weight is 381 g/mol. The molecule has 0 fully saturated rings. The lowest BCUT2D eigenvalue weighted by Crippen LogP contribution is -2.23. The van der Waals surface area contributed by atoms with E-state index >= 15 is 0 Å². The van der Waals surface area contributed by atoms with Crippen molar-refractivity contribution in [3.63, 3.8) is 0 Å². The summed E-state index contributed by atoms with van der Waals surface area (Å²) in [6.45, 7) is 5.82. The molecule has 0 atom stereocenters. The molecule has 3 aromatic carbocycles. The Morgan fingerprint density at radius 2 is 1.12 bits per heavy atom. The minimum absolute atomic E-state index is 0. The fourth-order valence-electron chi connectivity index (χ4n) is 3.33. The van der Waals surface area contributed by atoms with Gasteiger partial charge in [-0.05, 0) is 42.9 Å². The van der Waals surface area contributed by atoms with Gasteiger partial charge in [-0.25, -0.2) is 0 Å². The van der Waals surface area contributed by atoms with Crippen LogP contribution in [0, 0.1) is 20.8 Å². The van der Waals surface area contributed by atoms with Gasteiger partial charge in [0.2, 0.25) is 12.7 Å². The van der Waals surface area contributed by atoms with Crippen LogP contribution < -0.4 is 10.6 Å². The van der Waals surface area contributed by atoms with Gasteiger partial charge in [0.05, 0.1) is 0 Å². The molecule has 2 nitrogen and oxygen atoms in total. The molecule has 3 rings (SSSR count). The zero-order valence-electron chi connectivity index (χ0n) is 14.7. The Bertz CT molecular complexity index is 899. The molecule has 26 heavy (non-hydrogen) atoms. The summed E-state index contributed by atoms with van der Waals surface area (Å²) in [4.78, 5) is 13.6. The lowest BCUT2D eigenvalue weighted by atomic mass is 10.0. The summed E-state index contributed by atoms with van der Waals surface area (Å²) in [5.41, 5.74) is 3.12. The molecule has 0 aliphatic heterocycles. The summed E-state index contributed by atoms with van der Waals surface area (Å²) in [6, 6.07) is 22.1. The number of carbonyl (C=O) groups is 1. The standard InChI is InChI=1S/C22H21O2P.H4Si/c1-16-14-17(2)21(18(3)15-16)22(23)25(24,19-10-6-4-7-11-19)20-12-8-5-9-13-20;/h4-15H,1-3H3;1H4. The Morgan fingerprint density at radius 1 is 0.731 bits per heavy atom. The first-order valence-electron chi connectivity index (χ1n) is 8.28. The van der Waals surface area contributed by atoms with E-state index in [1.54, 1.807) is 24.3 Å². The fourth-order valence-corrected chi connectivity index (χ4v) is 5.95. The van der Waals surface area contributed by atoms with Gasteiger partial charge in [-0.15, -0.1) is 0 Å². The second-order valence-electron chi connectivity index (χ2n) is 6.36. The van der Waals surface area contributed by atoms with Crippen LogP contribution in [0.5, 0.6) is 0 Å². The van der Waals surface area contributed by atoms with Crippen molar-refractivity contribution in [3.8, 4) is 0 Å². The zero-order chi connectivity index (χ0) is 18.0. The molecule has 0 saturated heterocycles. The van der Waals surface area contributed by atoms with E-state index in [0.717, 1.165) is 16.7 Å². The summed E-state index contributed by atoms with van der Waals surface area (Å²) < 4.78 is 14.2. The van der Waals surface area contributed by atoms with Crippen LogP contribution >= 0.6 is 7.14 Å². The van der Waals surface area contributed by atoms with Gasteiger partial charge < -0.3 is 4.57 Å². The second kappa shape index (κ2) is 7.99. The maximum Gasteiger partial charge on any atom is 0.230 e. The van der Waals surface area contributed by atoms with Crippen LogP contribution in [0.4, 0.5) is 0 Å². The van der Waals surface area contributed by atoms with Gasteiger partial charge in [0.25, 0.3) is 0 Å². The minimum atomic E-state index is -3.44. The number of rotatable bonds is 4. The molecule has 0 saturated carbocycles. The van der Waals surface area contributed by atoms with Crippen LogP contribution in [0.15, 0.2) is 72.8 Å². The third-order valence-corrected chi connectivity index (χ3v) is 7.26. The SMILES string of the molecule is Cc1cc(C)c(C(=O)P(=O)(c2ccccc2)c2ccccc2)c(C)c1.[SiH4]. The zero-order valence-corrected chi connectivity index (χ0v) is 15.6. The van der Waals surface area contributed by atoms with Crippen molar-refractivity contribution in [3.05, 3.63) is 95.1 Å². The van der Waals surface area contributed by atoms with E-state index in [4.69, 9.17) is 0 Å². The van der Waals surface area contributed by atoms with Gasteiger partial charge in [0, 0.05) is 16.2 Å². The van der Waals surface area contributed by atoms with Crippen molar-refractivity contribution >= 4 is 34.2 Å². The van der Waals surface area contributed by atoms with Crippen molar-refractivity contribution in [2.24, 2.45) is 0 Å². The molecular weight excluding hydrogens is 355 g/mol. The Labute approximate surface area is 159 Å². The van der Waals surface area contributed by atoms with E-state index in [1.807, 2.05) is 69.3 Å². The molecule has 0 unspecified atom stereocenters. The van der Waals surface area contributed by atoms with Crippen LogP contribution in [0.2, 0.25) is 0 Å². The lowest BCUT2D eigenvalue weighted by Gasteiger charge is -2.20. The number of hydrogen-bond donors (Lipinski definition) is 0. The summed E-state index contributed by atoms with van der Waals surface area (Å²) in [6.07, 6.45) is 0. The Morgan fingerprint density at radius 3 is 1.50 bits per heavy atom. The van der Waals surface area contributed by atoms with Gasteiger partial charge in [-0.3, -0.25) is 4.79 Å². The van der Waals surface area contributed by atoms with Gasteiger partial charge in [0.1, 0.15) is 0 Å². The molecule has 0 spiro atoms. The second-order valence-corrected chi connectivity index (χ2v) is 9.02. The average Bonchev–Trinajstić information content (AvgIpc) is 2.61. The van der Waals surface area contributed by atoms with Gasteiger partial charge in [-0.2, -0.15) is 0 Å². The highest BCUT2D eigenvalue weighted by molar-refractivity contribution is 7.93. The topological polar surface area (TPSA) is 34.1 Å². The Kier molecular flexibility index (Phi) is 6.17. The molecule has 3 aromatic rings. The van der Waals surface area contributed by atoms with Crippen molar-refractivity contribution < 1.29 is 9.36 Å². The summed E-state index contributed by atoms with van der Waals surface area (Å²) in [7, 11) is -3.44. The van der Waals surface area contributed by atoms with Crippen molar-refractivity contribution in [2.45, 2.75) is 20.8 Å². The monoisotopic (exact) mass is 380 g/mol. The molecule has 0 bridgehead atoms.